The Morgan fingerprint density at radius 1 is 1.54 bits per heavy atom. The minimum atomic E-state index is -0.0693. The summed E-state index contributed by atoms with van der Waals surface area (Å²) in [5, 5.41) is 9.31. The van der Waals surface area contributed by atoms with Crippen molar-refractivity contribution < 1.29 is 5.11 Å². The molecule has 1 fully saturated rings. The summed E-state index contributed by atoms with van der Waals surface area (Å²) in [5.74, 6) is 1.76. The molecule has 0 aromatic heterocycles. The number of β-amino-alcohol motifs (C(OH)–C–C–N with tert-alkyl or cyclic N) is 1. The van der Waals surface area contributed by atoms with Gasteiger partial charge in [-0.1, -0.05) is 6.92 Å². The van der Waals surface area contributed by atoms with Crippen molar-refractivity contribution in [2.45, 2.75) is 32.3 Å². The first-order chi connectivity index (χ1) is 6.22. The van der Waals surface area contributed by atoms with Gasteiger partial charge in [0.05, 0.1) is 6.10 Å². The molecule has 1 rings (SSSR count). The highest BCUT2D eigenvalue weighted by Crippen LogP contribution is 2.13. The molecule has 0 saturated carbocycles. The Kier molecular flexibility index (Phi) is 5.14. The van der Waals surface area contributed by atoms with Crippen LogP contribution in [-0.4, -0.2) is 41.5 Å². The molecule has 2 unspecified atom stereocenters. The lowest BCUT2D eigenvalue weighted by molar-refractivity contribution is 0.174. The van der Waals surface area contributed by atoms with E-state index in [2.05, 4.69) is 24.5 Å². The molecule has 2 atom stereocenters. The third kappa shape index (κ3) is 4.34. The molecule has 0 amide bonds. The number of nitrogens with zero attached hydrogens (tertiary/aromatic N) is 1. The Morgan fingerprint density at radius 3 is 2.85 bits per heavy atom. The molecule has 2 nitrogen and oxygen atoms in total. The Labute approximate surface area is 86.7 Å². The van der Waals surface area contributed by atoms with Crippen LogP contribution in [0.5, 0.6) is 0 Å². The Morgan fingerprint density at radius 2 is 2.31 bits per heavy atom. The smallest absolute Gasteiger partial charge is 0.0679 e. The number of rotatable bonds is 5. The topological polar surface area (TPSA) is 23.5 Å². The van der Waals surface area contributed by atoms with E-state index in [4.69, 9.17) is 0 Å². The molecule has 0 aliphatic carbocycles. The Hall–Kier alpha value is 0.270. The van der Waals surface area contributed by atoms with Crippen molar-refractivity contribution in [1.29, 1.82) is 0 Å². The number of aliphatic hydroxyl groups is 1. The summed E-state index contributed by atoms with van der Waals surface area (Å²) in [7, 11) is 0. The number of thiol groups is 1. The normalized spacial score (nSPS) is 26.5. The summed E-state index contributed by atoms with van der Waals surface area (Å²) in [4.78, 5) is 2.36. The van der Waals surface area contributed by atoms with Gasteiger partial charge in [-0.15, -0.1) is 0 Å². The van der Waals surface area contributed by atoms with Crippen LogP contribution in [-0.2, 0) is 0 Å². The van der Waals surface area contributed by atoms with Gasteiger partial charge in [0, 0.05) is 13.1 Å². The molecular formula is C10H21NOS. The fraction of sp³-hybridized carbons (Fsp3) is 1.00. The van der Waals surface area contributed by atoms with Crippen LogP contribution in [0.15, 0.2) is 0 Å². The van der Waals surface area contributed by atoms with Gasteiger partial charge in [-0.05, 0) is 37.5 Å². The SMILES string of the molecule is CC(CCS)CCN1CCC(O)C1. The van der Waals surface area contributed by atoms with E-state index in [1.54, 1.807) is 0 Å². The lowest BCUT2D eigenvalue weighted by Crippen LogP contribution is -2.24. The molecule has 0 aromatic rings. The highest BCUT2D eigenvalue weighted by molar-refractivity contribution is 7.80. The van der Waals surface area contributed by atoms with Gasteiger partial charge in [-0.2, -0.15) is 12.6 Å². The minimum Gasteiger partial charge on any atom is -0.392 e. The maximum atomic E-state index is 9.31. The minimum absolute atomic E-state index is 0.0693. The van der Waals surface area contributed by atoms with Gasteiger partial charge in [0.1, 0.15) is 0 Å². The van der Waals surface area contributed by atoms with E-state index < -0.39 is 0 Å². The lowest BCUT2D eigenvalue weighted by Gasteiger charge is -2.17. The van der Waals surface area contributed by atoms with Gasteiger partial charge in [0.2, 0.25) is 0 Å². The van der Waals surface area contributed by atoms with Crippen LogP contribution < -0.4 is 0 Å². The zero-order valence-corrected chi connectivity index (χ0v) is 9.34. The average Bonchev–Trinajstić information content (AvgIpc) is 2.49. The Balaban J connectivity index is 2.05. The van der Waals surface area contributed by atoms with Gasteiger partial charge < -0.3 is 10.0 Å². The Bertz CT molecular complexity index is 143. The number of hydrogen-bond donors (Lipinski definition) is 2. The highest BCUT2D eigenvalue weighted by atomic mass is 32.1. The monoisotopic (exact) mass is 203 g/mol. The van der Waals surface area contributed by atoms with E-state index in [1.165, 1.54) is 12.8 Å². The summed E-state index contributed by atoms with van der Waals surface area (Å²) < 4.78 is 0. The molecule has 1 saturated heterocycles. The maximum Gasteiger partial charge on any atom is 0.0679 e. The van der Waals surface area contributed by atoms with Crippen LogP contribution in [0.2, 0.25) is 0 Å². The van der Waals surface area contributed by atoms with Crippen molar-refractivity contribution >= 4 is 12.6 Å². The molecule has 78 valence electrons. The molecule has 0 bridgehead atoms. The summed E-state index contributed by atoms with van der Waals surface area (Å²) >= 11 is 4.22. The molecule has 1 aliphatic heterocycles. The van der Waals surface area contributed by atoms with Gasteiger partial charge in [-0.25, -0.2) is 0 Å². The van der Waals surface area contributed by atoms with Crippen molar-refractivity contribution in [1.82, 2.24) is 4.90 Å². The van der Waals surface area contributed by atoms with E-state index >= 15 is 0 Å². The quantitative estimate of drug-likeness (QED) is 0.660. The molecule has 1 heterocycles. The summed E-state index contributed by atoms with van der Waals surface area (Å²) in [6, 6.07) is 0. The summed E-state index contributed by atoms with van der Waals surface area (Å²) in [6.45, 7) is 5.39. The molecule has 13 heavy (non-hydrogen) atoms. The van der Waals surface area contributed by atoms with Gasteiger partial charge >= 0.3 is 0 Å². The van der Waals surface area contributed by atoms with Crippen molar-refractivity contribution in [2.24, 2.45) is 5.92 Å². The van der Waals surface area contributed by atoms with Crippen LogP contribution in [0.4, 0.5) is 0 Å². The fourth-order valence-corrected chi connectivity index (χ4v) is 2.22. The van der Waals surface area contributed by atoms with E-state index in [0.29, 0.717) is 0 Å². The first kappa shape index (κ1) is 11.3. The van der Waals surface area contributed by atoms with Crippen molar-refractivity contribution in [3.8, 4) is 0 Å². The first-order valence-corrected chi connectivity index (χ1v) is 5.87. The molecular weight excluding hydrogens is 182 g/mol. The van der Waals surface area contributed by atoms with Crippen molar-refractivity contribution in [2.75, 3.05) is 25.4 Å². The third-order valence-electron chi connectivity index (χ3n) is 2.81. The zero-order chi connectivity index (χ0) is 9.68. The summed E-state index contributed by atoms with van der Waals surface area (Å²) in [5.41, 5.74) is 0. The van der Waals surface area contributed by atoms with Gasteiger partial charge in [0.15, 0.2) is 0 Å². The maximum absolute atomic E-state index is 9.31. The molecule has 0 spiro atoms. The van der Waals surface area contributed by atoms with E-state index in [9.17, 15) is 5.11 Å². The van der Waals surface area contributed by atoms with Crippen LogP contribution >= 0.6 is 12.6 Å². The second-order valence-electron chi connectivity index (χ2n) is 4.15. The van der Waals surface area contributed by atoms with Crippen LogP contribution in [0, 0.1) is 5.92 Å². The fourth-order valence-electron chi connectivity index (χ4n) is 1.78. The van der Waals surface area contributed by atoms with E-state index in [0.717, 1.165) is 37.7 Å². The second-order valence-corrected chi connectivity index (χ2v) is 4.60. The van der Waals surface area contributed by atoms with Crippen LogP contribution in [0.3, 0.4) is 0 Å². The third-order valence-corrected chi connectivity index (χ3v) is 3.07. The predicted molar refractivity (Wildman–Crippen MR) is 59.3 cm³/mol. The number of hydrogen-bond acceptors (Lipinski definition) is 3. The largest absolute Gasteiger partial charge is 0.392 e. The summed E-state index contributed by atoms with van der Waals surface area (Å²) in [6.07, 6.45) is 3.34. The number of likely N-dealkylation sites (tertiary alicyclic amines) is 1. The lowest BCUT2D eigenvalue weighted by atomic mass is 10.1. The van der Waals surface area contributed by atoms with E-state index in [-0.39, 0.29) is 6.10 Å². The highest BCUT2D eigenvalue weighted by Gasteiger charge is 2.19. The van der Waals surface area contributed by atoms with Crippen LogP contribution in [0.1, 0.15) is 26.2 Å². The number of aliphatic hydroxyl groups excluding tert-OH is 1. The second kappa shape index (κ2) is 5.89. The van der Waals surface area contributed by atoms with Gasteiger partial charge in [-0.3, -0.25) is 0 Å². The van der Waals surface area contributed by atoms with Crippen molar-refractivity contribution in [3.05, 3.63) is 0 Å². The van der Waals surface area contributed by atoms with Crippen molar-refractivity contribution in [3.63, 3.8) is 0 Å². The average molecular weight is 203 g/mol. The van der Waals surface area contributed by atoms with Gasteiger partial charge in [0.25, 0.3) is 0 Å². The predicted octanol–water partition coefficient (Wildman–Crippen LogP) is 1.40. The molecule has 0 aromatic carbocycles. The standard InChI is InChI=1S/C10H21NOS/c1-9(4-7-13)2-5-11-6-3-10(12)8-11/h9-10,12-13H,2-8H2,1H3. The molecule has 1 aliphatic rings. The van der Waals surface area contributed by atoms with E-state index in [1.807, 2.05) is 0 Å². The molecule has 0 radical (unpaired) electrons. The molecule has 1 N–H and O–H groups in total. The zero-order valence-electron chi connectivity index (χ0n) is 8.45. The van der Waals surface area contributed by atoms with Crippen LogP contribution in [0.25, 0.3) is 0 Å². The molecule has 3 heteroatoms. The first-order valence-electron chi connectivity index (χ1n) is 5.23.